The van der Waals surface area contributed by atoms with Crippen molar-refractivity contribution in [1.82, 2.24) is 19.8 Å². The lowest BCUT2D eigenvalue weighted by Gasteiger charge is -2.37. The van der Waals surface area contributed by atoms with Gasteiger partial charge in [-0.15, -0.1) is 11.3 Å². The second-order valence-corrected chi connectivity index (χ2v) is 9.59. The van der Waals surface area contributed by atoms with Crippen LogP contribution in [0, 0.1) is 0 Å². The van der Waals surface area contributed by atoms with Gasteiger partial charge < -0.3 is 14.5 Å². The number of hydrogen-bond acceptors (Lipinski definition) is 4. The van der Waals surface area contributed by atoms with Crippen molar-refractivity contribution in [3.63, 3.8) is 0 Å². The molecule has 1 fully saturated rings. The van der Waals surface area contributed by atoms with Crippen LogP contribution in [0.3, 0.4) is 0 Å². The van der Waals surface area contributed by atoms with E-state index in [0.717, 1.165) is 10.2 Å². The Morgan fingerprint density at radius 2 is 1.82 bits per heavy atom. The van der Waals surface area contributed by atoms with Gasteiger partial charge in [0.15, 0.2) is 0 Å². The number of hydrogen-bond donors (Lipinski definition) is 2. The van der Waals surface area contributed by atoms with E-state index < -0.39 is 23.8 Å². The van der Waals surface area contributed by atoms with Crippen LogP contribution in [0.25, 0.3) is 32.3 Å². The number of carbonyl (C=O) groups is 2. The van der Waals surface area contributed by atoms with Crippen LogP contribution in [0.5, 0.6) is 0 Å². The topological polar surface area (TPSA) is 70.1 Å². The first-order chi connectivity index (χ1) is 15.8. The monoisotopic (exact) mass is 466 g/mol. The highest BCUT2D eigenvalue weighted by atomic mass is 32.1. The first-order valence-electron chi connectivity index (χ1n) is 10.7. The molecule has 4 aromatic rings. The molecule has 5 heterocycles. The van der Waals surface area contributed by atoms with E-state index in [4.69, 9.17) is 0 Å². The fourth-order valence-electron chi connectivity index (χ4n) is 5.13. The Kier molecular flexibility index (Phi) is 4.37. The lowest BCUT2D eigenvalue weighted by Crippen LogP contribution is -2.47. The maximum atomic E-state index is 15.1. The Hall–Kier alpha value is -3.30. The van der Waals surface area contributed by atoms with Gasteiger partial charge in [0.05, 0.1) is 23.7 Å². The number of thiophene rings is 1. The van der Waals surface area contributed by atoms with Crippen LogP contribution in [0.2, 0.25) is 0 Å². The molecule has 2 amide bonds. The predicted molar refractivity (Wildman–Crippen MR) is 124 cm³/mol. The van der Waals surface area contributed by atoms with E-state index in [1.165, 1.54) is 11.3 Å². The number of carbonyl (C=O) groups excluding carboxylic acids is 2. The molecule has 1 saturated heterocycles. The number of halogens is 2. The van der Waals surface area contributed by atoms with E-state index in [9.17, 15) is 9.59 Å². The third kappa shape index (κ3) is 2.99. The molecule has 0 bridgehead atoms. The van der Waals surface area contributed by atoms with E-state index >= 15 is 8.78 Å². The number of aromatic amines is 1. The van der Waals surface area contributed by atoms with E-state index in [1.807, 2.05) is 23.6 Å². The molecule has 0 aliphatic carbocycles. The summed E-state index contributed by atoms with van der Waals surface area (Å²) in [6.45, 7) is 0.223. The third-order valence-electron chi connectivity index (χ3n) is 6.60. The largest absolute Gasteiger partial charge is 0.352 e. The van der Waals surface area contributed by atoms with E-state index in [-0.39, 0.29) is 24.1 Å². The fourth-order valence-corrected chi connectivity index (χ4v) is 5.90. The van der Waals surface area contributed by atoms with E-state index in [0.29, 0.717) is 28.6 Å². The van der Waals surface area contributed by atoms with Crippen LogP contribution in [0.1, 0.15) is 23.6 Å². The number of H-pyrrole nitrogens is 1. The van der Waals surface area contributed by atoms with Crippen molar-refractivity contribution in [1.29, 1.82) is 0 Å². The molecular weight excluding hydrogens is 446 g/mol. The van der Waals surface area contributed by atoms with Gasteiger partial charge in [-0.25, -0.2) is 8.78 Å². The summed E-state index contributed by atoms with van der Waals surface area (Å²) in [5.74, 6) is -3.93. The number of alkyl halides is 2. The Morgan fingerprint density at radius 3 is 2.61 bits per heavy atom. The number of benzene rings is 1. The zero-order chi connectivity index (χ0) is 22.9. The van der Waals surface area contributed by atoms with Crippen LogP contribution < -0.4 is 5.32 Å². The standard InChI is InChI=1S/C24H20F2N4O2S/c1-29-8-6-18(24(25,26)12-29)30-11-16(13-4-2-3-5-17(13)30)20-19(21(31)28-22(20)32)15-10-27-23-14(15)7-9-33-23/h2-5,7,9-11,18,27H,6,8,12H2,1H3,(H,28,31,32). The Balaban J connectivity index is 1.60. The molecule has 1 unspecified atom stereocenters. The molecular formula is C24H20F2N4O2S. The van der Waals surface area contributed by atoms with Crippen LogP contribution >= 0.6 is 11.3 Å². The first-order valence-corrected chi connectivity index (χ1v) is 11.5. The van der Waals surface area contributed by atoms with Crippen LogP contribution in [-0.2, 0) is 9.59 Å². The van der Waals surface area contributed by atoms with Gasteiger partial charge in [0.1, 0.15) is 4.83 Å². The average molecular weight is 467 g/mol. The normalized spacial score (nSPS) is 21.5. The number of nitrogens with zero attached hydrogens (tertiary/aromatic N) is 2. The summed E-state index contributed by atoms with van der Waals surface area (Å²) in [7, 11) is 1.69. The number of fused-ring (bicyclic) bond motifs is 2. The van der Waals surface area contributed by atoms with Crippen LogP contribution in [-0.4, -0.2) is 52.3 Å². The number of amides is 2. The molecule has 2 N–H and O–H groups in total. The highest BCUT2D eigenvalue weighted by molar-refractivity contribution is 7.16. The molecule has 0 spiro atoms. The van der Waals surface area contributed by atoms with Gasteiger partial charge in [-0.05, 0) is 31.0 Å². The van der Waals surface area contributed by atoms with Gasteiger partial charge in [0.2, 0.25) is 0 Å². The van der Waals surface area contributed by atoms with Crippen molar-refractivity contribution in [3.8, 4) is 0 Å². The Morgan fingerprint density at radius 1 is 1.06 bits per heavy atom. The quantitative estimate of drug-likeness (QED) is 0.443. The third-order valence-corrected chi connectivity index (χ3v) is 7.45. The second kappa shape index (κ2) is 7.10. The summed E-state index contributed by atoms with van der Waals surface area (Å²) in [5, 5.41) is 5.84. The number of aromatic nitrogens is 2. The van der Waals surface area contributed by atoms with Crippen molar-refractivity contribution in [2.75, 3.05) is 20.1 Å². The summed E-state index contributed by atoms with van der Waals surface area (Å²) in [4.78, 5) is 31.6. The average Bonchev–Trinajstić information content (AvgIpc) is 3.50. The number of rotatable bonds is 3. The minimum Gasteiger partial charge on any atom is -0.352 e. The Labute approximate surface area is 191 Å². The lowest BCUT2D eigenvalue weighted by molar-refractivity contribution is -0.122. The maximum Gasteiger partial charge on any atom is 0.280 e. The molecule has 1 atom stereocenters. The molecule has 33 heavy (non-hydrogen) atoms. The molecule has 6 nitrogen and oxygen atoms in total. The summed E-state index contributed by atoms with van der Waals surface area (Å²) in [5.41, 5.74) is 2.23. The molecule has 9 heteroatoms. The lowest BCUT2D eigenvalue weighted by atomic mass is 9.96. The SMILES string of the molecule is CN1CCC(n2cc(C3=C(c4c[nH]c5sccc45)C(=O)NC3=O)c3ccccc32)C(F)(F)C1. The molecule has 2 aliphatic rings. The number of likely N-dealkylation sites (tertiary alicyclic amines) is 1. The fraction of sp³-hybridized carbons (Fsp3) is 0.250. The van der Waals surface area contributed by atoms with Crippen molar-refractivity contribution < 1.29 is 18.4 Å². The van der Waals surface area contributed by atoms with Crippen molar-refractivity contribution in [2.45, 2.75) is 18.4 Å². The minimum atomic E-state index is -2.93. The smallest absolute Gasteiger partial charge is 0.280 e. The molecule has 6 rings (SSSR count). The zero-order valence-electron chi connectivity index (χ0n) is 17.7. The van der Waals surface area contributed by atoms with Crippen molar-refractivity contribution in [3.05, 3.63) is 59.2 Å². The molecule has 1 aromatic carbocycles. The van der Waals surface area contributed by atoms with E-state index in [2.05, 4.69) is 10.3 Å². The summed E-state index contributed by atoms with van der Waals surface area (Å²) in [6, 6.07) is 8.07. The Bertz CT molecular complexity index is 1480. The zero-order valence-corrected chi connectivity index (χ0v) is 18.5. The van der Waals surface area contributed by atoms with Gasteiger partial charge in [-0.3, -0.25) is 14.9 Å². The van der Waals surface area contributed by atoms with Gasteiger partial charge in [-0.1, -0.05) is 18.2 Å². The summed E-state index contributed by atoms with van der Waals surface area (Å²) in [6.07, 6.45) is 3.63. The number of nitrogens with one attached hydrogen (secondary N) is 2. The predicted octanol–water partition coefficient (Wildman–Crippen LogP) is 4.26. The van der Waals surface area contributed by atoms with Crippen molar-refractivity contribution in [2.24, 2.45) is 0 Å². The van der Waals surface area contributed by atoms with Gasteiger partial charge in [-0.2, -0.15) is 0 Å². The molecule has 168 valence electrons. The molecule has 0 saturated carbocycles. The summed E-state index contributed by atoms with van der Waals surface area (Å²) >= 11 is 1.51. The first kappa shape index (κ1) is 20.3. The highest BCUT2D eigenvalue weighted by Gasteiger charge is 2.45. The number of para-hydroxylation sites is 1. The van der Waals surface area contributed by atoms with Crippen LogP contribution in [0.4, 0.5) is 8.78 Å². The van der Waals surface area contributed by atoms with Gasteiger partial charge >= 0.3 is 0 Å². The number of imide groups is 1. The van der Waals surface area contributed by atoms with E-state index in [1.54, 1.807) is 41.0 Å². The number of piperidine rings is 1. The molecule has 2 aliphatic heterocycles. The van der Waals surface area contributed by atoms with Crippen LogP contribution in [0.15, 0.2) is 48.1 Å². The van der Waals surface area contributed by atoms with Crippen molar-refractivity contribution >= 4 is 55.4 Å². The van der Waals surface area contributed by atoms with Gasteiger partial charge in [0, 0.05) is 46.4 Å². The summed E-state index contributed by atoms with van der Waals surface area (Å²) < 4.78 is 31.8. The minimum absolute atomic E-state index is 0.221. The van der Waals surface area contributed by atoms with Gasteiger partial charge in [0.25, 0.3) is 17.7 Å². The highest BCUT2D eigenvalue weighted by Crippen LogP contribution is 2.43. The molecule has 0 radical (unpaired) electrons. The second-order valence-electron chi connectivity index (χ2n) is 8.67. The maximum absolute atomic E-state index is 15.1. The molecule has 3 aromatic heterocycles.